The Morgan fingerprint density at radius 3 is 2.82 bits per heavy atom. The highest BCUT2D eigenvalue weighted by atomic mass is 79.9. The fourth-order valence-electron chi connectivity index (χ4n) is 1.11. The van der Waals surface area contributed by atoms with Gasteiger partial charge in [-0.15, -0.1) is 6.42 Å². The van der Waals surface area contributed by atoms with Gasteiger partial charge in [0.2, 0.25) is 0 Å². The molecule has 0 aliphatic rings. The van der Waals surface area contributed by atoms with Gasteiger partial charge >= 0.3 is 5.97 Å². The number of carboxylic acids is 1. The van der Waals surface area contributed by atoms with Crippen molar-refractivity contribution in [2.45, 2.75) is 0 Å². The maximum atomic E-state index is 11.0. The van der Waals surface area contributed by atoms with Crippen molar-refractivity contribution in [1.82, 2.24) is 0 Å². The van der Waals surface area contributed by atoms with E-state index < -0.39 is 5.97 Å². The molecule has 0 bridgehead atoms. The first kappa shape index (κ1) is 13.8. The summed E-state index contributed by atoms with van der Waals surface area (Å²) in [5.41, 5.74) is 0.0837. The molecular weight excluding hydrogens is 352 g/mol. The van der Waals surface area contributed by atoms with Crippen LogP contribution in [0.2, 0.25) is 0 Å². The lowest BCUT2D eigenvalue weighted by atomic mass is 10.2. The molecule has 0 amide bonds. The molecule has 1 rings (SSSR count). The van der Waals surface area contributed by atoms with Crippen LogP contribution in [0.3, 0.4) is 0 Å². The molecule has 1 aromatic carbocycles. The summed E-state index contributed by atoms with van der Waals surface area (Å²) < 4.78 is 6.58. The average Bonchev–Trinajstić information content (AvgIpc) is 2.25. The first-order valence-corrected chi connectivity index (χ1v) is 6.11. The monoisotopic (exact) mass is 358 g/mol. The number of halogens is 2. The molecule has 88 valence electrons. The number of terminal acetylenes is 1. The van der Waals surface area contributed by atoms with Crippen LogP contribution in [0.15, 0.2) is 33.2 Å². The van der Waals surface area contributed by atoms with Gasteiger partial charge in [-0.1, -0.05) is 21.9 Å². The number of ether oxygens (including phenoxy) is 1. The Bertz CT molecular complexity index is 501. The number of benzene rings is 1. The Kier molecular flexibility index (Phi) is 5.26. The molecule has 0 aromatic heterocycles. The molecule has 0 fully saturated rings. The van der Waals surface area contributed by atoms with E-state index in [2.05, 4.69) is 37.8 Å². The van der Waals surface area contributed by atoms with Gasteiger partial charge < -0.3 is 9.84 Å². The van der Waals surface area contributed by atoms with Crippen molar-refractivity contribution in [1.29, 1.82) is 0 Å². The lowest BCUT2D eigenvalue weighted by molar-refractivity contribution is 0.0692. The molecule has 0 saturated carbocycles. The third-order valence-corrected chi connectivity index (χ3v) is 2.82. The minimum Gasteiger partial charge on any atom is -0.487 e. The van der Waals surface area contributed by atoms with E-state index in [4.69, 9.17) is 16.3 Å². The van der Waals surface area contributed by atoms with Gasteiger partial charge in [0, 0.05) is 4.47 Å². The number of allylic oxidation sites excluding steroid dienone is 1. The topological polar surface area (TPSA) is 46.5 Å². The molecular formula is C12H8Br2O3. The summed E-state index contributed by atoms with van der Waals surface area (Å²) in [6, 6.07) is 3.19. The molecule has 0 aliphatic carbocycles. The van der Waals surface area contributed by atoms with Crippen molar-refractivity contribution in [2.75, 3.05) is 6.61 Å². The molecule has 0 spiro atoms. The zero-order valence-corrected chi connectivity index (χ0v) is 11.8. The van der Waals surface area contributed by atoms with Crippen molar-refractivity contribution < 1.29 is 14.6 Å². The molecule has 3 nitrogen and oxygen atoms in total. The van der Waals surface area contributed by atoms with E-state index in [1.807, 2.05) is 0 Å². The molecule has 0 saturated heterocycles. The molecule has 0 atom stereocenters. The Hall–Kier alpha value is -1.25. The Morgan fingerprint density at radius 2 is 2.24 bits per heavy atom. The first-order valence-electron chi connectivity index (χ1n) is 4.52. The highest BCUT2D eigenvalue weighted by molar-refractivity contribution is 9.11. The van der Waals surface area contributed by atoms with Crippen LogP contribution >= 0.6 is 31.9 Å². The Balaban J connectivity index is 3.01. The third kappa shape index (κ3) is 3.91. The van der Waals surface area contributed by atoms with E-state index in [1.165, 1.54) is 12.1 Å². The maximum Gasteiger partial charge on any atom is 0.339 e. The van der Waals surface area contributed by atoms with Gasteiger partial charge in [0.15, 0.2) is 0 Å². The van der Waals surface area contributed by atoms with E-state index in [1.54, 1.807) is 12.1 Å². The van der Waals surface area contributed by atoms with Gasteiger partial charge in [-0.05, 0) is 40.2 Å². The lowest BCUT2D eigenvalue weighted by Crippen LogP contribution is -2.04. The van der Waals surface area contributed by atoms with E-state index in [0.717, 1.165) is 0 Å². The number of hydrogen-bond donors (Lipinski definition) is 1. The van der Waals surface area contributed by atoms with Crippen molar-refractivity contribution in [3.05, 3.63) is 38.8 Å². The Labute approximate surface area is 116 Å². The predicted octanol–water partition coefficient (Wildman–Crippen LogP) is 3.48. The van der Waals surface area contributed by atoms with Gasteiger partial charge in [0.25, 0.3) is 0 Å². The van der Waals surface area contributed by atoms with E-state index in [0.29, 0.717) is 8.95 Å². The SMILES string of the molecule is C#C/C=C\COc1c(Br)cc(Br)cc1C(=O)O. The highest BCUT2D eigenvalue weighted by Gasteiger charge is 2.15. The first-order chi connectivity index (χ1) is 8.06. The van der Waals surface area contributed by atoms with Crippen LogP contribution in [0.4, 0.5) is 0 Å². The summed E-state index contributed by atoms with van der Waals surface area (Å²) in [5, 5.41) is 9.05. The second kappa shape index (κ2) is 6.48. The van der Waals surface area contributed by atoms with Crippen LogP contribution in [0.25, 0.3) is 0 Å². The quantitative estimate of drug-likeness (QED) is 0.837. The highest BCUT2D eigenvalue weighted by Crippen LogP contribution is 2.32. The van der Waals surface area contributed by atoms with Crippen LogP contribution in [0.1, 0.15) is 10.4 Å². The number of rotatable bonds is 4. The molecule has 0 aliphatic heterocycles. The van der Waals surface area contributed by atoms with Gasteiger partial charge in [-0.3, -0.25) is 0 Å². The van der Waals surface area contributed by atoms with Gasteiger partial charge in [0.1, 0.15) is 17.9 Å². The fourth-order valence-corrected chi connectivity index (χ4v) is 2.45. The van der Waals surface area contributed by atoms with E-state index >= 15 is 0 Å². The van der Waals surface area contributed by atoms with Gasteiger partial charge in [-0.2, -0.15) is 0 Å². The molecule has 1 N–H and O–H groups in total. The third-order valence-electron chi connectivity index (χ3n) is 1.78. The van der Waals surface area contributed by atoms with Crippen LogP contribution in [0.5, 0.6) is 5.75 Å². The number of hydrogen-bond acceptors (Lipinski definition) is 2. The van der Waals surface area contributed by atoms with Crippen molar-refractivity contribution in [2.24, 2.45) is 0 Å². The minimum atomic E-state index is -1.05. The molecule has 0 radical (unpaired) electrons. The van der Waals surface area contributed by atoms with Gasteiger partial charge in [0.05, 0.1) is 4.47 Å². The van der Waals surface area contributed by atoms with Crippen LogP contribution < -0.4 is 4.74 Å². The summed E-state index contributed by atoms with van der Waals surface area (Å²) in [6.07, 6.45) is 8.15. The number of carbonyl (C=O) groups is 1. The zero-order valence-electron chi connectivity index (χ0n) is 8.61. The van der Waals surface area contributed by atoms with Crippen LogP contribution in [-0.2, 0) is 0 Å². The zero-order chi connectivity index (χ0) is 12.8. The van der Waals surface area contributed by atoms with Crippen molar-refractivity contribution in [3.8, 4) is 18.1 Å². The molecule has 0 unspecified atom stereocenters. The van der Waals surface area contributed by atoms with Crippen molar-refractivity contribution >= 4 is 37.8 Å². The van der Waals surface area contributed by atoms with E-state index in [9.17, 15) is 4.79 Å². The van der Waals surface area contributed by atoms with Crippen LogP contribution in [-0.4, -0.2) is 17.7 Å². The number of aromatic carboxylic acids is 1. The summed E-state index contributed by atoms with van der Waals surface area (Å²) in [5.74, 6) is 1.55. The summed E-state index contributed by atoms with van der Waals surface area (Å²) in [7, 11) is 0. The summed E-state index contributed by atoms with van der Waals surface area (Å²) in [4.78, 5) is 11.0. The van der Waals surface area contributed by atoms with E-state index in [-0.39, 0.29) is 17.9 Å². The lowest BCUT2D eigenvalue weighted by Gasteiger charge is -2.10. The second-order valence-electron chi connectivity index (χ2n) is 2.95. The van der Waals surface area contributed by atoms with Crippen molar-refractivity contribution in [3.63, 3.8) is 0 Å². The Morgan fingerprint density at radius 1 is 1.53 bits per heavy atom. The molecule has 5 heteroatoms. The largest absolute Gasteiger partial charge is 0.487 e. The molecule has 1 aromatic rings. The summed E-state index contributed by atoms with van der Waals surface area (Å²) in [6.45, 7) is 0.213. The smallest absolute Gasteiger partial charge is 0.339 e. The number of carboxylic acid groups (broad SMARTS) is 1. The van der Waals surface area contributed by atoms with Gasteiger partial charge in [-0.25, -0.2) is 4.79 Å². The maximum absolute atomic E-state index is 11.0. The summed E-state index contributed by atoms with van der Waals surface area (Å²) >= 11 is 6.47. The second-order valence-corrected chi connectivity index (χ2v) is 4.72. The minimum absolute atomic E-state index is 0.0837. The molecule has 17 heavy (non-hydrogen) atoms. The average molecular weight is 360 g/mol. The predicted molar refractivity (Wildman–Crippen MR) is 72.3 cm³/mol. The molecule has 0 heterocycles. The normalized spacial score (nSPS) is 10.2. The standard InChI is InChI=1S/C12H8Br2O3/c1-2-3-4-5-17-11-9(12(15)16)6-8(13)7-10(11)14/h1,3-4,6-7H,5H2,(H,15,16)/b4-3-. The van der Waals surface area contributed by atoms with Crippen LogP contribution in [0, 0.1) is 12.3 Å². The fraction of sp³-hybridized carbons (Fsp3) is 0.0833.